The molecule has 6 nitrogen and oxygen atoms in total. The average Bonchev–Trinajstić information content (AvgIpc) is 3.37. The Kier molecular flexibility index (Phi) is 4.23. The van der Waals surface area contributed by atoms with Crippen molar-refractivity contribution in [3.63, 3.8) is 0 Å². The second-order valence-electron chi connectivity index (χ2n) is 5.25. The molecule has 0 radical (unpaired) electrons. The molecule has 0 amide bonds. The highest BCUT2D eigenvalue weighted by Crippen LogP contribution is 2.38. The smallest absolute Gasteiger partial charge is 0.136 e. The molecule has 6 heteroatoms. The maximum Gasteiger partial charge on any atom is 0.136 e. The summed E-state index contributed by atoms with van der Waals surface area (Å²) in [5.41, 5.74) is 0.944. The lowest BCUT2D eigenvalue weighted by Gasteiger charge is -2.10. The molecule has 0 atom stereocenters. The number of nitrogens with one attached hydrogen (secondary N) is 2. The minimum absolute atomic E-state index is 0.535. The molecule has 1 fully saturated rings. The standard InChI is InChI=1S/C15H20N6/c1-2-6-17-13-8-14(21-15(20-13)11-3-4-11)18-9-12-5-7-16-10-19-12/h5,7-8,10-11H,2-4,6,9H2,1H3,(H2,17,18,20,21). The van der Waals surface area contributed by atoms with E-state index in [0.717, 1.165) is 36.1 Å². The van der Waals surface area contributed by atoms with Gasteiger partial charge in [-0.15, -0.1) is 0 Å². The molecule has 2 N–H and O–H groups in total. The molecule has 1 saturated carbocycles. The SMILES string of the molecule is CCCNc1cc(NCc2ccncn2)nc(C2CC2)n1. The van der Waals surface area contributed by atoms with Crippen LogP contribution < -0.4 is 10.6 Å². The molecule has 2 aromatic rings. The van der Waals surface area contributed by atoms with E-state index in [1.54, 1.807) is 12.5 Å². The van der Waals surface area contributed by atoms with Crippen LogP contribution in [0.15, 0.2) is 24.7 Å². The van der Waals surface area contributed by atoms with Crippen LogP contribution in [0.2, 0.25) is 0 Å². The van der Waals surface area contributed by atoms with Gasteiger partial charge in [0.15, 0.2) is 0 Å². The fraction of sp³-hybridized carbons (Fsp3) is 0.467. The minimum atomic E-state index is 0.535. The van der Waals surface area contributed by atoms with Gasteiger partial charge < -0.3 is 10.6 Å². The Labute approximate surface area is 124 Å². The molecule has 3 rings (SSSR count). The van der Waals surface area contributed by atoms with Crippen LogP contribution in [-0.2, 0) is 6.54 Å². The van der Waals surface area contributed by atoms with Gasteiger partial charge in [-0.3, -0.25) is 0 Å². The number of aromatic nitrogens is 4. The molecule has 2 aromatic heterocycles. The van der Waals surface area contributed by atoms with E-state index in [9.17, 15) is 0 Å². The van der Waals surface area contributed by atoms with E-state index in [4.69, 9.17) is 0 Å². The van der Waals surface area contributed by atoms with Gasteiger partial charge in [-0.2, -0.15) is 0 Å². The highest BCUT2D eigenvalue weighted by Gasteiger charge is 2.27. The maximum absolute atomic E-state index is 4.61. The summed E-state index contributed by atoms with van der Waals surface area (Å²) in [5.74, 6) is 3.23. The Morgan fingerprint density at radius 2 is 2.00 bits per heavy atom. The summed E-state index contributed by atoms with van der Waals surface area (Å²) < 4.78 is 0. The van der Waals surface area contributed by atoms with Crippen molar-refractivity contribution in [2.24, 2.45) is 0 Å². The van der Waals surface area contributed by atoms with Gasteiger partial charge in [-0.25, -0.2) is 19.9 Å². The van der Waals surface area contributed by atoms with Gasteiger partial charge in [0.1, 0.15) is 23.8 Å². The van der Waals surface area contributed by atoms with Crippen LogP contribution >= 0.6 is 0 Å². The third-order valence-corrected chi connectivity index (χ3v) is 3.34. The predicted molar refractivity (Wildman–Crippen MR) is 82.1 cm³/mol. The van der Waals surface area contributed by atoms with E-state index in [0.29, 0.717) is 12.5 Å². The molecule has 1 aliphatic rings. The summed E-state index contributed by atoms with van der Waals surface area (Å²) in [6, 6.07) is 3.86. The Morgan fingerprint density at radius 1 is 1.19 bits per heavy atom. The van der Waals surface area contributed by atoms with Crippen molar-refractivity contribution < 1.29 is 0 Å². The number of nitrogens with zero attached hydrogens (tertiary/aromatic N) is 4. The van der Waals surface area contributed by atoms with Crippen LogP contribution in [0.3, 0.4) is 0 Å². The van der Waals surface area contributed by atoms with Crippen molar-refractivity contribution in [2.75, 3.05) is 17.2 Å². The monoisotopic (exact) mass is 284 g/mol. The van der Waals surface area contributed by atoms with E-state index in [-0.39, 0.29) is 0 Å². The quantitative estimate of drug-likeness (QED) is 0.814. The lowest BCUT2D eigenvalue weighted by molar-refractivity contribution is 0.900. The van der Waals surface area contributed by atoms with E-state index in [1.807, 2.05) is 12.1 Å². The Balaban J connectivity index is 1.72. The molecular formula is C15H20N6. The van der Waals surface area contributed by atoms with Crippen molar-refractivity contribution in [2.45, 2.75) is 38.6 Å². The lowest BCUT2D eigenvalue weighted by Crippen LogP contribution is -2.09. The third kappa shape index (κ3) is 3.87. The van der Waals surface area contributed by atoms with Gasteiger partial charge in [0.05, 0.1) is 12.2 Å². The average molecular weight is 284 g/mol. The molecule has 0 spiro atoms. The van der Waals surface area contributed by atoms with Gasteiger partial charge in [0.2, 0.25) is 0 Å². The second-order valence-corrected chi connectivity index (χ2v) is 5.25. The molecule has 0 bridgehead atoms. The zero-order valence-electron chi connectivity index (χ0n) is 12.2. The van der Waals surface area contributed by atoms with Crippen LogP contribution in [0.1, 0.15) is 43.6 Å². The molecule has 2 heterocycles. The zero-order chi connectivity index (χ0) is 14.5. The highest BCUT2D eigenvalue weighted by molar-refractivity contribution is 5.48. The first kappa shape index (κ1) is 13.7. The van der Waals surface area contributed by atoms with E-state index >= 15 is 0 Å². The second kappa shape index (κ2) is 6.47. The van der Waals surface area contributed by atoms with Crippen molar-refractivity contribution in [1.82, 2.24) is 19.9 Å². The minimum Gasteiger partial charge on any atom is -0.370 e. The zero-order valence-corrected chi connectivity index (χ0v) is 12.2. The third-order valence-electron chi connectivity index (χ3n) is 3.34. The Bertz CT molecular complexity index is 582. The molecule has 110 valence electrons. The fourth-order valence-electron chi connectivity index (χ4n) is 2.03. The fourth-order valence-corrected chi connectivity index (χ4v) is 2.03. The number of anilines is 2. The van der Waals surface area contributed by atoms with Gasteiger partial charge in [-0.1, -0.05) is 6.92 Å². The van der Waals surface area contributed by atoms with Crippen LogP contribution in [-0.4, -0.2) is 26.5 Å². The first-order valence-corrected chi connectivity index (χ1v) is 7.46. The molecule has 1 aliphatic carbocycles. The molecular weight excluding hydrogens is 264 g/mol. The molecule has 0 aliphatic heterocycles. The van der Waals surface area contributed by atoms with Crippen LogP contribution in [0.5, 0.6) is 0 Å². The number of hydrogen-bond acceptors (Lipinski definition) is 6. The normalized spacial score (nSPS) is 14.0. The summed E-state index contributed by atoms with van der Waals surface area (Å²) in [5, 5.41) is 6.66. The maximum atomic E-state index is 4.61. The van der Waals surface area contributed by atoms with Crippen LogP contribution in [0.4, 0.5) is 11.6 Å². The van der Waals surface area contributed by atoms with E-state index in [2.05, 4.69) is 37.5 Å². The van der Waals surface area contributed by atoms with Crippen molar-refractivity contribution >= 4 is 11.6 Å². The van der Waals surface area contributed by atoms with Crippen molar-refractivity contribution in [1.29, 1.82) is 0 Å². The summed E-state index contributed by atoms with van der Waals surface area (Å²) in [4.78, 5) is 17.3. The molecule has 0 aromatic carbocycles. The summed E-state index contributed by atoms with van der Waals surface area (Å²) in [6.45, 7) is 3.70. The van der Waals surface area contributed by atoms with E-state index in [1.165, 1.54) is 12.8 Å². The Morgan fingerprint density at radius 3 is 2.67 bits per heavy atom. The topological polar surface area (TPSA) is 75.6 Å². The van der Waals surface area contributed by atoms with E-state index < -0.39 is 0 Å². The van der Waals surface area contributed by atoms with Crippen molar-refractivity contribution in [3.8, 4) is 0 Å². The first-order valence-electron chi connectivity index (χ1n) is 7.46. The van der Waals surface area contributed by atoms with Crippen molar-refractivity contribution in [3.05, 3.63) is 36.2 Å². The van der Waals surface area contributed by atoms with Crippen LogP contribution in [0, 0.1) is 0 Å². The van der Waals surface area contributed by atoms with Gasteiger partial charge >= 0.3 is 0 Å². The van der Waals surface area contributed by atoms with Crippen LogP contribution in [0.25, 0.3) is 0 Å². The van der Waals surface area contributed by atoms with Gasteiger partial charge in [0, 0.05) is 24.7 Å². The number of rotatable bonds is 7. The molecule has 0 saturated heterocycles. The number of hydrogen-bond donors (Lipinski definition) is 2. The predicted octanol–water partition coefficient (Wildman–Crippen LogP) is 2.58. The highest BCUT2D eigenvalue weighted by atomic mass is 15.1. The summed E-state index contributed by atoms with van der Waals surface area (Å²) >= 11 is 0. The largest absolute Gasteiger partial charge is 0.370 e. The van der Waals surface area contributed by atoms with Gasteiger partial charge in [0.25, 0.3) is 0 Å². The van der Waals surface area contributed by atoms with Gasteiger partial charge in [-0.05, 0) is 25.3 Å². The Hall–Kier alpha value is -2.24. The lowest BCUT2D eigenvalue weighted by atomic mass is 10.3. The molecule has 21 heavy (non-hydrogen) atoms. The first-order chi connectivity index (χ1) is 10.3. The summed E-state index contributed by atoms with van der Waals surface area (Å²) in [7, 11) is 0. The molecule has 0 unspecified atom stereocenters. The summed E-state index contributed by atoms with van der Waals surface area (Å²) in [6.07, 6.45) is 6.77.